The lowest BCUT2D eigenvalue weighted by Gasteiger charge is -2.55. The number of carbonyl (C=O) groups excluding carboxylic acids is 2. The summed E-state index contributed by atoms with van der Waals surface area (Å²) in [4.78, 5) is 42.6. The van der Waals surface area contributed by atoms with Crippen LogP contribution < -0.4 is 16.2 Å². The molecule has 0 saturated carbocycles. The van der Waals surface area contributed by atoms with Gasteiger partial charge in [0.05, 0.1) is 80.4 Å². The first-order chi connectivity index (χ1) is 24.2. The van der Waals surface area contributed by atoms with Crippen LogP contribution in [0.3, 0.4) is 0 Å². The van der Waals surface area contributed by atoms with Crippen molar-refractivity contribution in [3.05, 3.63) is 61.4 Å². The fraction of sp³-hybridized carbons (Fsp3) is 0.629. The second-order valence-electron chi connectivity index (χ2n) is 14.4. The molecule has 7 rings (SSSR count). The highest BCUT2D eigenvalue weighted by Crippen LogP contribution is 2.39. The van der Waals surface area contributed by atoms with Crippen molar-refractivity contribution in [2.75, 3.05) is 76.3 Å². The average molecular weight is 694 g/mol. The molecule has 272 valence electrons. The molecule has 1 aromatic carbocycles. The van der Waals surface area contributed by atoms with E-state index in [1.54, 1.807) is 12.1 Å². The van der Waals surface area contributed by atoms with Gasteiger partial charge in [-0.25, -0.2) is 0 Å². The number of ketones is 2. The number of anilines is 2. The normalized spacial score (nSPS) is 21.9. The van der Waals surface area contributed by atoms with E-state index in [-0.39, 0.29) is 41.4 Å². The summed E-state index contributed by atoms with van der Waals surface area (Å²) in [6.45, 7) is 5.07. The largest absolute Gasteiger partial charge is 0.590 e. The zero-order valence-electron chi connectivity index (χ0n) is 29.0. The summed E-state index contributed by atoms with van der Waals surface area (Å²) < 4.78 is 0. The van der Waals surface area contributed by atoms with Gasteiger partial charge in [-0.15, -0.1) is 20.0 Å². The molecule has 4 N–H and O–H groups in total. The number of pyridine rings is 1. The van der Waals surface area contributed by atoms with Crippen LogP contribution in [0.1, 0.15) is 109 Å². The maximum absolute atomic E-state index is 14.8. The molecule has 1 aliphatic carbocycles. The molecule has 2 aromatic rings. The number of carbonyl (C=O) groups is 2. The van der Waals surface area contributed by atoms with Crippen molar-refractivity contribution >= 4 is 22.9 Å². The number of hydrogen-bond acceptors (Lipinski definition) is 12. The Morgan fingerprint density at radius 1 is 0.560 bits per heavy atom. The Balaban J connectivity index is 1.26. The van der Waals surface area contributed by atoms with Gasteiger partial charge >= 0.3 is 0 Å². The molecule has 0 amide bonds. The Kier molecular flexibility index (Phi) is 10.3. The van der Waals surface area contributed by atoms with Crippen LogP contribution in [-0.2, 0) is 0 Å². The molecule has 4 aliphatic heterocycles. The van der Waals surface area contributed by atoms with Gasteiger partial charge in [-0.3, -0.25) is 14.4 Å². The summed E-state index contributed by atoms with van der Waals surface area (Å²) in [6, 6.07) is 3.30. The zero-order chi connectivity index (χ0) is 34.9. The lowest BCUT2D eigenvalue weighted by atomic mass is 9.82. The fourth-order valence-corrected chi connectivity index (χ4v) is 8.48. The van der Waals surface area contributed by atoms with Gasteiger partial charge in [-0.2, -0.15) is 9.73 Å². The Morgan fingerprint density at radius 3 is 1.26 bits per heavy atom. The van der Waals surface area contributed by atoms with Crippen molar-refractivity contribution < 1.29 is 24.4 Å². The van der Waals surface area contributed by atoms with Gasteiger partial charge in [-0.1, -0.05) is 25.7 Å². The molecule has 0 radical (unpaired) electrons. The number of piperidine rings is 4. The second kappa shape index (κ2) is 14.7. The Bertz CT molecular complexity index is 1590. The van der Waals surface area contributed by atoms with Crippen molar-refractivity contribution in [2.24, 2.45) is 0 Å². The van der Waals surface area contributed by atoms with Gasteiger partial charge in [0.1, 0.15) is 11.3 Å². The van der Waals surface area contributed by atoms with Gasteiger partial charge in [0.2, 0.25) is 11.6 Å². The van der Waals surface area contributed by atoms with Crippen LogP contribution in [0.25, 0.3) is 0 Å². The fourth-order valence-electron chi connectivity index (χ4n) is 8.48. The lowest BCUT2D eigenvalue weighted by molar-refractivity contribution is -1.09. The van der Waals surface area contributed by atoms with Crippen molar-refractivity contribution in [2.45, 2.75) is 77.0 Å². The van der Waals surface area contributed by atoms with Gasteiger partial charge in [0, 0.05) is 6.20 Å². The molecular formula is C35H51N9O6. The van der Waals surface area contributed by atoms with Crippen LogP contribution in [0.5, 0.6) is 5.75 Å². The summed E-state index contributed by atoms with van der Waals surface area (Å²) in [7, 11) is 0. The van der Waals surface area contributed by atoms with Gasteiger partial charge in [0.25, 0.3) is 5.56 Å². The Morgan fingerprint density at radius 2 is 0.900 bits per heavy atom. The topological polar surface area (TPSA) is 170 Å². The van der Waals surface area contributed by atoms with Crippen LogP contribution in [0, 0.1) is 10.4 Å². The average Bonchev–Trinajstić information content (AvgIpc) is 3.17. The van der Waals surface area contributed by atoms with E-state index < -0.39 is 38.2 Å². The van der Waals surface area contributed by atoms with E-state index in [2.05, 4.69) is 15.6 Å². The third-order valence-corrected chi connectivity index (χ3v) is 11.2. The lowest BCUT2D eigenvalue weighted by Crippen LogP contribution is -2.69. The van der Waals surface area contributed by atoms with E-state index >= 15 is 0 Å². The van der Waals surface area contributed by atoms with E-state index in [4.69, 9.17) is 0 Å². The van der Waals surface area contributed by atoms with E-state index in [0.717, 1.165) is 83.2 Å². The smallest absolute Gasteiger partial charge is 0.260 e. The minimum Gasteiger partial charge on any atom is -0.590 e. The summed E-state index contributed by atoms with van der Waals surface area (Å²) in [5.74, 6) is -1.93. The highest BCUT2D eigenvalue weighted by Gasteiger charge is 2.42. The van der Waals surface area contributed by atoms with Gasteiger partial charge < -0.3 is 31.1 Å². The number of H-pyrrole nitrogens is 1. The Labute approximate surface area is 292 Å². The number of aromatic hydroxyl groups is 1. The zero-order valence-corrected chi connectivity index (χ0v) is 29.0. The van der Waals surface area contributed by atoms with Crippen LogP contribution in [0.4, 0.5) is 11.4 Å². The van der Waals surface area contributed by atoms with Gasteiger partial charge in [-0.05, 0) is 63.5 Å². The predicted octanol–water partition coefficient (Wildman–Crippen LogP) is 3.83. The number of fused-ring (bicyclic) bond motifs is 2. The molecule has 5 aliphatic rings. The number of benzene rings is 1. The molecule has 15 nitrogen and oxygen atoms in total. The Hall–Kier alpha value is -3.41. The second-order valence-corrected chi connectivity index (χ2v) is 14.4. The molecule has 0 spiro atoms. The van der Waals surface area contributed by atoms with E-state index in [0.29, 0.717) is 52.4 Å². The minimum atomic E-state index is -0.785. The van der Waals surface area contributed by atoms with Crippen LogP contribution in [0.15, 0.2) is 23.1 Å². The molecule has 1 aromatic heterocycles. The first-order valence-corrected chi connectivity index (χ1v) is 18.6. The third-order valence-electron chi connectivity index (χ3n) is 11.2. The molecule has 0 atom stereocenters. The number of rotatable bonds is 10. The van der Waals surface area contributed by atoms with E-state index in [1.165, 1.54) is 0 Å². The summed E-state index contributed by atoms with van der Waals surface area (Å²) >= 11 is 0. The molecule has 5 heterocycles. The number of nitrogens with zero attached hydrogens (tertiary/aromatic N) is 6. The molecule has 0 bridgehead atoms. The molecule has 0 unspecified atom stereocenters. The maximum Gasteiger partial charge on any atom is 0.260 e. The number of aromatic amines is 1. The summed E-state index contributed by atoms with van der Waals surface area (Å²) in [5.41, 5.74) is -1.15. The predicted molar refractivity (Wildman–Crippen MR) is 188 cm³/mol. The van der Waals surface area contributed by atoms with Crippen LogP contribution in [-0.4, -0.2) is 117 Å². The minimum absolute atomic E-state index is 0.0304. The third kappa shape index (κ3) is 6.45. The van der Waals surface area contributed by atoms with E-state index in [9.17, 15) is 29.9 Å². The standard InChI is InChI=1S/C35H51N9O6/c45-28-23-36-35(48)32-31(28)33(46)29-26(37-24-43(49,39-15-5-1-6-16-39)40-17-7-2-8-18-40)13-14-27(30(29)34(32)47)38-25-44(50,41-19-9-3-10-20-41)42-21-11-4-12-22-42/h13-14,23,37-38,45H,1-12,15-22,24-25H2,(H,36,48). The molecular weight excluding hydrogens is 642 g/mol. The summed E-state index contributed by atoms with van der Waals surface area (Å²) in [6.07, 6.45) is 12.7. The number of nitrogens with one attached hydrogen (secondary N) is 3. The first kappa shape index (κ1) is 35.0. The SMILES string of the molecule is O=C1c2c(NC[N+]([O-])(N3CCCCC3)N3CCCCC3)ccc(NC[N+]([O-])(N3CCCCC3)N3CCCCC3)c2C(=O)c2c1c(O)c[nH]c2=O. The highest BCUT2D eigenvalue weighted by atomic mass is 16.7. The molecule has 50 heavy (non-hydrogen) atoms. The number of hydroxylamine groups is 2. The number of quaternary nitrogens is 2. The van der Waals surface area contributed by atoms with Crippen molar-refractivity contribution in [1.29, 1.82) is 0 Å². The maximum atomic E-state index is 14.8. The number of hydrogen-bond donors (Lipinski definition) is 4. The van der Waals surface area contributed by atoms with Crippen molar-refractivity contribution in [1.82, 2.24) is 25.0 Å². The van der Waals surface area contributed by atoms with Crippen LogP contribution >= 0.6 is 0 Å². The monoisotopic (exact) mass is 693 g/mol. The first-order valence-electron chi connectivity index (χ1n) is 18.6. The van der Waals surface area contributed by atoms with Crippen molar-refractivity contribution in [3.8, 4) is 5.75 Å². The molecule has 15 heteroatoms. The summed E-state index contributed by atoms with van der Waals surface area (Å²) in [5, 5.41) is 54.6. The van der Waals surface area contributed by atoms with Gasteiger partial charge in [0.15, 0.2) is 13.3 Å². The highest BCUT2D eigenvalue weighted by molar-refractivity contribution is 6.32. The number of aromatic nitrogens is 1. The molecule has 4 fully saturated rings. The van der Waals surface area contributed by atoms with Crippen LogP contribution in [0.2, 0.25) is 0 Å². The quantitative estimate of drug-likeness (QED) is 0.138. The van der Waals surface area contributed by atoms with Crippen molar-refractivity contribution in [3.63, 3.8) is 0 Å². The molecule has 4 saturated heterocycles. The van der Waals surface area contributed by atoms with E-state index in [1.807, 2.05) is 20.0 Å².